The fraction of sp³-hybridized carbons (Fsp3) is 0.278. The summed E-state index contributed by atoms with van der Waals surface area (Å²) in [5.41, 5.74) is -0.118. The van der Waals surface area contributed by atoms with E-state index in [0.29, 0.717) is 17.1 Å². The van der Waals surface area contributed by atoms with Crippen molar-refractivity contribution < 1.29 is 27.4 Å². The molecule has 1 amide bonds. The molecule has 4 nitrogen and oxygen atoms in total. The van der Waals surface area contributed by atoms with Gasteiger partial charge in [0.2, 0.25) is 5.91 Å². The maximum Gasteiger partial charge on any atom is 0.416 e. The van der Waals surface area contributed by atoms with Crippen molar-refractivity contribution in [3.63, 3.8) is 0 Å². The van der Waals surface area contributed by atoms with Crippen molar-refractivity contribution in [2.24, 2.45) is 0 Å². The number of hydrogen-bond donors (Lipinski definition) is 1. The summed E-state index contributed by atoms with van der Waals surface area (Å²) in [5, 5.41) is 2.64. The molecule has 0 radical (unpaired) electrons. The number of hydrogen-bond acceptors (Lipinski definition) is 3. The fourth-order valence-corrected chi connectivity index (χ4v) is 2.03. The Morgan fingerprint density at radius 1 is 1.00 bits per heavy atom. The van der Waals surface area contributed by atoms with E-state index < -0.39 is 11.7 Å². The van der Waals surface area contributed by atoms with E-state index in [9.17, 15) is 18.0 Å². The zero-order valence-corrected chi connectivity index (χ0v) is 13.6. The SMILES string of the molecule is COc1ccc(OCCC(=O)NCc2ccc(C(F)(F)F)cc2)cc1. The topological polar surface area (TPSA) is 47.6 Å². The minimum absolute atomic E-state index is 0.145. The van der Waals surface area contributed by atoms with Crippen LogP contribution in [0.4, 0.5) is 13.2 Å². The second-order valence-corrected chi connectivity index (χ2v) is 5.25. The van der Waals surface area contributed by atoms with E-state index in [4.69, 9.17) is 9.47 Å². The smallest absolute Gasteiger partial charge is 0.416 e. The molecule has 2 aromatic carbocycles. The lowest BCUT2D eigenvalue weighted by molar-refractivity contribution is -0.137. The van der Waals surface area contributed by atoms with Crippen molar-refractivity contribution in [3.05, 3.63) is 59.7 Å². The number of rotatable bonds is 7. The minimum Gasteiger partial charge on any atom is -0.497 e. The van der Waals surface area contributed by atoms with Crippen LogP contribution in [0.15, 0.2) is 48.5 Å². The van der Waals surface area contributed by atoms with Crippen LogP contribution in [0.5, 0.6) is 11.5 Å². The molecule has 0 aliphatic rings. The zero-order valence-electron chi connectivity index (χ0n) is 13.6. The lowest BCUT2D eigenvalue weighted by Crippen LogP contribution is -2.24. The van der Waals surface area contributed by atoms with Gasteiger partial charge in [-0.25, -0.2) is 0 Å². The summed E-state index contributed by atoms with van der Waals surface area (Å²) in [6.45, 7) is 0.366. The molecular weight excluding hydrogens is 335 g/mol. The predicted molar refractivity (Wildman–Crippen MR) is 86.4 cm³/mol. The lowest BCUT2D eigenvalue weighted by Gasteiger charge is -2.09. The van der Waals surface area contributed by atoms with E-state index in [1.165, 1.54) is 12.1 Å². The van der Waals surface area contributed by atoms with Crippen LogP contribution < -0.4 is 14.8 Å². The average molecular weight is 353 g/mol. The first-order chi connectivity index (χ1) is 11.9. The number of carbonyl (C=O) groups excluding carboxylic acids is 1. The van der Waals surface area contributed by atoms with Crippen LogP contribution in [0.25, 0.3) is 0 Å². The molecule has 0 saturated carbocycles. The standard InChI is InChI=1S/C18H18F3NO3/c1-24-15-6-8-16(9-7-15)25-11-10-17(23)22-12-13-2-4-14(5-3-13)18(19,20)21/h2-9H,10-12H2,1H3,(H,22,23). The molecule has 7 heteroatoms. The highest BCUT2D eigenvalue weighted by molar-refractivity contribution is 5.76. The van der Waals surface area contributed by atoms with Crippen LogP contribution in [0, 0.1) is 0 Å². The first-order valence-corrected chi connectivity index (χ1v) is 7.58. The normalized spacial score (nSPS) is 11.0. The van der Waals surface area contributed by atoms with Crippen molar-refractivity contribution >= 4 is 5.91 Å². The highest BCUT2D eigenvalue weighted by Gasteiger charge is 2.29. The molecule has 0 bridgehead atoms. The third-order valence-corrected chi connectivity index (χ3v) is 3.43. The fourth-order valence-electron chi connectivity index (χ4n) is 2.03. The van der Waals surface area contributed by atoms with Gasteiger partial charge < -0.3 is 14.8 Å². The Morgan fingerprint density at radius 3 is 2.16 bits per heavy atom. The molecule has 0 saturated heterocycles. The van der Waals surface area contributed by atoms with Crippen LogP contribution in [0.3, 0.4) is 0 Å². The monoisotopic (exact) mass is 353 g/mol. The Hall–Kier alpha value is -2.70. The van der Waals surface area contributed by atoms with E-state index >= 15 is 0 Å². The van der Waals surface area contributed by atoms with E-state index in [2.05, 4.69) is 5.32 Å². The molecule has 0 heterocycles. The van der Waals surface area contributed by atoms with Gasteiger partial charge in [0.15, 0.2) is 0 Å². The Morgan fingerprint density at radius 2 is 1.60 bits per heavy atom. The van der Waals surface area contributed by atoms with Gasteiger partial charge in [-0.15, -0.1) is 0 Å². The van der Waals surface area contributed by atoms with Crippen molar-refractivity contribution in [2.75, 3.05) is 13.7 Å². The highest BCUT2D eigenvalue weighted by Crippen LogP contribution is 2.29. The van der Waals surface area contributed by atoms with E-state index in [1.807, 2.05) is 0 Å². The number of methoxy groups -OCH3 is 1. The molecule has 0 aromatic heterocycles. The summed E-state index contributed by atoms with van der Waals surface area (Å²) < 4.78 is 47.9. The van der Waals surface area contributed by atoms with Crippen molar-refractivity contribution in [1.29, 1.82) is 0 Å². The molecule has 2 rings (SSSR count). The molecule has 0 atom stereocenters. The summed E-state index contributed by atoms with van der Waals surface area (Å²) in [6, 6.07) is 11.6. The van der Waals surface area contributed by atoms with Gasteiger partial charge in [-0.3, -0.25) is 4.79 Å². The molecule has 25 heavy (non-hydrogen) atoms. The first kappa shape index (κ1) is 18.6. The van der Waals surface area contributed by atoms with Gasteiger partial charge in [0.25, 0.3) is 0 Å². The van der Waals surface area contributed by atoms with Gasteiger partial charge in [-0.1, -0.05) is 12.1 Å². The van der Waals surface area contributed by atoms with Gasteiger partial charge >= 0.3 is 6.18 Å². The maximum atomic E-state index is 12.5. The van der Waals surface area contributed by atoms with Crippen LogP contribution >= 0.6 is 0 Å². The minimum atomic E-state index is -4.36. The molecule has 0 spiro atoms. The third-order valence-electron chi connectivity index (χ3n) is 3.43. The highest BCUT2D eigenvalue weighted by atomic mass is 19.4. The lowest BCUT2D eigenvalue weighted by atomic mass is 10.1. The van der Waals surface area contributed by atoms with Gasteiger partial charge in [0.05, 0.1) is 25.7 Å². The van der Waals surface area contributed by atoms with Gasteiger partial charge in [0.1, 0.15) is 11.5 Å². The predicted octanol–water partition coefficient (Wildman–Crippen LogP) is 3.80. The van der Waals surface area contributed by atoms with Crippen molar-refractivity contribution in [1.82, 2.24) is 5.32 Å². The second-order valence-electron chi connectivity index (χ2n) is 5.25. The Labute approximate surface area is 143 Å². The van der Waals surface area contributed by atoms with Gasteiger partial charge in [-0.05, 0) is 42.0 Å². The average Bonchev–Trinajstić information content (AvgIpc) is 2.60. The van der Waals surface area contributed by atoms with E-state index in [-0.39, 0.29) is 25.5 Å². The molecule has 134 valence electrons. The molecular formula is C18H18F3NO3. The van der Waals surface area contributed by atoms with Gasteiger partial charge in [0, 0.05) is 6.54 Å². The molecule has 1 N–H and O–H groups in total. The number of amides is 1. The number of carbonyl (C=O) groups is 1. The molecule has 2 aromatic rings. The largest absolute Gasteiger partial charge is 0.497 e. The van der Waals surface area contributed by atoms with Crippen LogP contribution in [-0.4, -0.2) is 19.6 Å². The number of benzene rings is 2. The quantitative estimate of drug-likeness (QED) is 0.824. The van der Waals surface area contributed by atoms with Crippen molar-refractivity contribution in [2.45, 2.75) is 19.1 Å². The van der Waals surface area contributed by atoms with E-state index in [1.54, 1.807) is 31.4 Å². The number of alkyl halides is 3. The summed E-state index contributed by atoms with van der Waals surface area (Å²) in [6.07, 6.45) is -4.22. The van der Waals surface area contributed by atoms with Crippen LogP contribution in [0.2, 0.25) is 0 Å². The Balaban J connectivity index is 1.71. The summed E-state index contributed by atoms with van der Waals surface area (Å²) in [7, 11) is 1.57. The zero-order chi connectivity index (χ0) is 18.3. The van der Waals surface area contributed by atoms with Crippen LogP contribution in [-0.2, 0) is 17.5 Å². The summed E-state index contributed by atoms with van der Waals surface area (Å²) in [4.78, 5) is 11.7. The number of ether oxygens (including phenoxy) is 2. The number of halogens is 3. The Bertz CT molecular complexity index is 682. The van der Waals surface area contributed by atoms with Gasteiger partial charge in [-0.2, -0.15) is 13.2 Å². The van der Waals surface area contributed by atoms with Crippen LogP contribution in [0.1, 0.15) is 17.5 Å². The second kappa shape index (κ2) is 8.41. The van der Waals surface area contributed by atoms with E-state index in [0.717, 1.165) is 12.1 Å². The molecule has 0 aliphatic carbocycles. The summed E-state index contributed by atoms with van der Waals surface area (Å²) in [5.74, 6) is 1.09. The number of nitrogens with one attached hydrogen (secondary N) is 1. The Kier molecular flexibility index (Phi) is 6.27. The maximum absolute atomic E-state index is 12.5. The first-order valence-electron chi connectivity index (χ1n) is 7.58. The van der Waals surface area contributed by atoms with Crippen molar-refractivity contribution in [3.8, 4) is 11.5 Å². The molecule has 0 unspecified atom stereocenters. The third kappa shape index (κ3) is 6.02. The summed E-state index contributed by atoms with van der Waals surface area (Å²) >= 11 is 0. The molecule has 0 aliphatic heterocycles. The molecule has 0 fully saturated rings.